The minimum Gasteiger partial charge on any atom is -0.391 e. The molecule has 1 N–H and O–H groups in total. The predicted octanol–water partition coefficient (Wildman–Crippen LogP) is 3.53. The van der Waals surface area contributed by atoms with Crippen LogP contribution in [0.3, 0.4) is 0 Å². The van der Waals surface area contributed by atoms with Crippen molar-refractivity contribution in [3.8, 4) is 0 Å². The predicted molar refractivity (Wildman–Crippen MR) is 101 cm³/mol. The topological polar surface area (TPSA) is 49.8 Å². The van der Waals surface area contributed by atoms with Gasteiger partial charge in [0.2, 0.25) is 5.91 Å². The molecule has 4 heteroatoms. The molecule has 1 saturated heterocycles. The van der Waals surface area contributed by atoms with Gasteiger partial charge in [-0.15, -0.1) is 0 Å². The molecule has 1 amide bonds. The van der Waals surface area contributed by atoms with E-state index in [1.54, 1.807) is 4.90 Å². The van der Waals surface area contributed by atoms with Crippen molar-refractivity contribution in [3.05, 3.63) is 71.8 Å². The maximum atomic E-state index is 12.7. The first-order valence-corrected chi connectivity index (χ1v) is 9.36. The summed E-state index contributed by atoms with van der Waals surface area (Å²) in [4.78, 5) is 14.5. The van der Waals surface area contributed by atoms with E-state index in [0.717, 1.165) is 17.5 Å². The Hall–Kier alpha value is -2.17. The average molecular weight is 353 g/mol. The van der Waals surface area contributed by atoms with Crippen LogP contribution in [0.4, 0.5) is 0 Å². The zero-order valence-electron chi connectivity index (χ0n) is 15.3. The highest BCUT2D eigenvalue weighted by Gasteiger charge is 2.44. The van der Waals surface area contributed by atoms with Gasteiger partial charge in [-0.05, 0) is 17.5 Å². The molecular weight excluding hydrogens is 326 g/mol. The number of hydrogen-bond donors (Lipinski definition) is 1. The highest BCUT2D eigenvalue weighted by molar-refractivity contribution is 5.80. The number of carbonyl (C=O) groups excluding carboxylic acids is 1. The molecule has 0 aromatic heterocycles. The molecule has 1 aliphatic rings. The smallest absolute Gasteiger partial charge is 0.226 e. The number of nitrogens with zero attached hydrogens (tertiary/aromatic N) is 1. The highest BCUT2D eigenvalue weighted by atomic mass is 16.5. The maximum absolute atomic E-state index is 12.7. The lowest BCUT2D eigenvalue weighted by Gasteiger charge is -2.32. The summed E-state index contributed by atoms with van der Waals surface area (Å²) in [5.41, 5.74) is 2.14. The highest BCUT2D eigenvalue weighted by Crippen LogP contribution is 2.29. The molecule has 138 valence electrons. The number of ether oxygens (including phenoxy) is 1. The zero-order valence-corrected chi connectivity index (χ0v) is 15.3. The molecular formula is C22H27NO3. The number of aliphatic hydroxyl groups excluding tert-OH is 1. The van der Waals surface area contributed by atoms with Crippen LogP contribution in [0.25, 0.3) is 0 Å². The van der Waals surface area contributed by atoms with Crippen molar-refractivity contribution in [1.29, 1.82) is 0 Å². The van der Waals surface area contributed by atoms with Gasteiger partial charge in [-0.25, -0.2) is 0 Å². The first-order chi connectivity index (χ1) is 12.7. The maximum Gasteiger partial charge on any atom is 0.226 e. The Kier molecular flexibility index (Phi) is 6.42. The molecule has 0 aliphatic carbocycles. The Bertz CT molecular complexity index is 689. The van der Waals surface area contributed by atoms with Crippen molar-refractivity contribution in [3.63, 3.8) is 0 Å². The molecule has 26 heavy (non-hydrogen) atoms. The third-order valence-electron chi connectivity index (χ3n) is 4.92. The number of amides is 1. The Morgan fingerprint density at radius 2 is 1.69 bits per heavy atom. The van der Waals surface area contributed by atoms with Gasteiger partial charge in [0.1, 0.15) is 0 Å². The second-order valence-electron chi connectivity index (χ2n) is 6.89. The van der Waals surface area contributed by atoms with Crippen LogP contribution in [0.2, 0.25) is 0 Å². The number of rotatable bonds is 8. The SMILES string of the molecule is CCC[C@H](O)[C@@H]1[C@@H](OCc2ccccc2)CC(=O)N1Cc1ccccc1. The molecule has 1 heterocycles. The van der Waals surface area contributed by atoms with Gasteiger partial charge in [0.05, 0.1) is 31.3 Å². The molecule has 3 rings (SSSR count). The summed E-state index contributed by atoms with van der Waals surface area (Å²) in [6.07, 6.45) is 1.000. The molecule has 1 fully saturated rings. The van der Waals surface area contributed by atoms with E-state index in [1.165, 1.54) is 0 Å². The first-order valence-electron chi connectivity index (χ1n) is 9.36. The van der Waals surface area contributed by atoms with E-state index in [2.05, 4.69) is 0 Å². The van der Waals surface area contributed by atoms with Gasteiger partial charge in [-0.1, -0.05) is 74.0 Å². The fourth-order valence-corrected chi connectivity index (χ4v) is 3.61. The average Bonchev–Trinajstić information content (AvgIpc) is 2.97. The van der Waals surface area contributed by atoms with Crippen LogP contribution in [0.1, 0.15) is 37.3 Å². The summed E-state index contributed by atoms with van der Waals surface area (Å²) >= 11 is 0. The minimum absolute atomic E-state index is 0.0482. The van der Waals surface area contributed by atoms with E-state index in [9.17, 15) is 9.90 Å². The minimum atomic E-state index is -0.573. The van der Waals surface area contributed by atoms with Crippen LogP contribution in [-0.2, 0) is 22.7 Å². The lowest BCUT2D eigenvalue weighted by atomic mass is 10.0. The monoisotopic (exact) mass is 353 g/mol. The van der Waals surface area contributed by atoms with E-state index in [1.807, 2.05) is 67.6 Å². The van der Waals surface area contributed by atoms with Gasteiger partial charge in [0.25, 0.3) is 0 Å². The lowest BCUT2D eigenvalue weighted by Crippen LogP contribution is -2.46. The summed E-state index contributed by atoms with van der Waals surface area (Å²) in [6, 6.07) is 19.6. The first kappa shape index (κ1) is 18.6. The van der Waals surface area contributed by atoms with Crippen LogP contribution in [0, 0.1) is 0 Å². The molecule has 1 aliphatic heterocycles. The van der Waals surface area contributed by atoms with Crippen molar-refractivity contribution in [1.82, 2.24) is 4.90 Å². The summed E-state index contributed by atoms with van der Waals surface area (Å²) in [5, 5.41) is 10.7. The summed E-state index contributed by atoms with van der Waals surface area (Å²) < 4.78 is 6.08. The quantitative estimate of drug-likeness (QED) is 0.790. The number of hydrogen-bond acceptors (Lipinski definition) is 3. The van der Waals surface area contributed by atoms with E-state index in [-0.39, 0.29) is 18.1 Å². The summed E-state index contributed by atoms with van der Waals surface area (Å²) in [6.45, 7) is 3.00. The van der Waals surface area contributed by atoms with Crippen LogP contribution < -0.4 is 0 Å². The fourth-order valence-electron chi connectivity index (χ4n) is 3.61. The van der Waals surface area contributed by atoms with Crippen LogP contribution in [0.15, 0.2) is 60.7 Å². The number of aliphatic hydroxyl groups is 1. The lowest BCUT2D eigenvalue weighted by molar-refractivity contribution is -0.131. The van der Waals surface area contributed by atoms with Crippen molar-refractivity contribution in [2.24, 2.45) is 0 Å². The standard InChI is InChI=1S/C22H27NO3/c1-2-9-19(24)22-20(26-16-18-12-7-4-8-13-18)14-21(25)23(22)15-17-10-5-3-6-11-17/h3-8,10-13,19-20,22,24H,2,9,14-16H2,1H3/t19-,20-,22+/m0/s1. The van der Waals surface area contributed by atoms with Crippen molar-refractivity contribution in [2.75, 3.05) is 0 Å². The van der Waals surface area contributed by atoms with Crippen LogP contribution in [0.5, 0.6) is 0 Å². The molecule has 0 radical (unpaired) electrons. The van der Waals surface area contributed by atoms with Crippen molar-refractivity contribution >= 4 is 5.91 Å². The fraction of sp³-hybridized carbons (Fsp3) is 0.409. The molecule has 0 unspecified atom stereocenters. The van der Waals surface area contributed by atoms with Gasteiger partial charge < -0.3 is 14.7 Å². The second-order valence-corrected chi connectivity index (χ2v) is 6.89. The normalized spacial score (nSPS) is 21.2. The van der Waals surface area contributed by atoms with E-state index < -0.39 is 6.10 Å². The van der Waals surface area contributed by atoms with Crippen LogP contribution in [-0.4, -0.2) is 34.2 Å². The third-order valence-corrected chi connectivity index (χ3v) is 4.92. The number of carbonyl (C=O) groups is 1. The molecule has 0 spiro atoms. The Labute approximate surface area is 155 Å². The van der Waals surface area contributed by atoms with Gasteiger partial charge in [0, 0.05) is 6.54 Å². The zero-order chi connectivity index (χ0) is 18.4. The van der Waals surface area contributed by atoms with Gasteiger partial charge in [-0.2, -0.15) is 0 Å². The number of likely N-dealkylation sites (tertiary alicyclic amines) is 1. The van der Waals surface area contributed by atoms with Gasteiger partial charge in [0.15, 0.2) is 0 Å². The molecule has 2 aromatic rings. The Morgan fingerprint density at radius 1 is 1.08 bits per heavy atom. The van der Waals surface area contributed by atoms with E-state index >= 15 is 0 Å². The second kappa shape index (κ2) is 8.97. The summed E-state index contributed by atoms with van der Waals surface area (Å²) in [7, 11) is 0. The molecule has 0 bridgehead atoms. The number of benzene rings is 2. The summed E-state index contributed by atoms with van der Waals surface area (Å²) in [5.74, 6) is 0.0482. The van der Waals surface area contributed by atoms with Crippen LogP contribution >= 0.6 is 0 Å². The van der Waals surface area contributed by atoms with E-state index in [0.29, 0.717) is 26.0 Å². The van der Waals surface area contributed by atoms with Gasteiger partial charge >= 0.3 is 0 Å². The molecule has 0 saturated carbocycles. The Morgan fingerprint density at radius 3 is 2.31 bits per heavy atom. The molecule has 4 nitrogen and oxygen atoms in total. The van der Waals surface area contributed by atoms with Gasteiger partial charge in [-0.3, -0.25) is 4.79 Å². The molecule has 3 atom stereocenters. The van der Waals surface area contributed by atoms with Crippen molar-refractivity contribution < 1.29 is 14.6 Å². The molecule has 2 aromatic carbocycles. The van der Waals surface area contributed by atoms with E-state index in [4.69, 9.17) is 4.74 Å². The van der Waals surface area contributed by atoms with Crippen molar-refractivity contribution in [2.45, 2.75) is 57.6 Å². The third kappa shape index (κ3) is 4.51. The Balaban J connectivity index is 1.74. The largest absolute Gasteiger partial charge is 0.391 e.